The Balaban J connectivity index is 2.31. The van der Waals surface area contributed by atoms with Crippen molar-refractivity contribution in [2.75, 3.05) is 13.2 Å². The van der Waals surface area contributed by atoms with Crippen LogP contribution in [0.4, 0.5) is 0 Å². The summed E-state index contributed by atoms with van der Waals surface area (Å²) in [5, 5.41) is 20.3. The van der Waals surface area contributed by atoms with Crippen molar-refractivity contribution in [3.8, 4) is 0 Å². The van der Waals surface area contributed by atoms with Gasteiger partial charge in [-0.05, 0) is 49.4 Å². The Morgan fingerprint density at radius 3 is 2.70 bits per heavy atom. The molecule has 0 radical (unpaired) electrons. The average Bonchev–Trinajstić information content (AvgIpc) is 2.43. The van der Waals surface area contributed by atoms with Crippen molar-refractivity contribution < 1.29 is 13.3 Å². The molecule has 2 aliphatic rings. The molecule has 0 amide bonds. The summed E-state index contributed by atoms with van der Waals surface area (Å²) >= 11 is 1.95. The minimum absolute atomic E-state index is 0.0659. The molecule has 0 aromatic heterocycles. The molecule has 2 fully saturated rings. The molecule has 3 nitrogen and oxygen atoms in total. The second-order valence-corrected chi connectivity index (χ2v) is 7.75. The Labute approximate surface area is 136 Å². The van der Waals surface area contributed by atoms with Crippen LogP contribution < -0.4 is 0 Å². The first-order chi connectivity index (χ1) is 9.40. The first-order valence-corrected chi connectivity index (χ1v) is 8.48. The molecule has 2 N–H and O–H groups in total. The summed E-state index contributed by atoms with van der Waals surface area (Å²) in [6, 6.07) is 0. The predicted molar refractivity (Wildman–Crippen MR) is 88.5 cm³/mol. The van der Waals surface area contributed by atoms with Crippen LogP contribution in [0.15, 0.2) is 12.2 Å². The minimum Gasteiger partial charge on any atom is -0.396 e. The molecule has 0 saturated heterocycles. The van der Waals surface area contributed by atoms with Gasteiger partial charge in [0.05, 0.1) is 19.3 Å². The van der Waals surface area contributed by atoms with E-state index in [0.29, 0.717) is 11.8 Å². The quantitative estimate of drug-likeness (QED) is 0.567. The lowest BCUT2D eigenvalue weighted by Crippen LogP contribution is -2.57. The summed E-state index contributed by atoms with van der Waals surface area (Å²) in [4.78, 5) is 0. The fourth-order valence-electron chi connectivity index (χ4n) is 4.90. The summed E-state index contributed by atoms with van der Waals surface area (Å²) in [7, 11) is 0. The molecule has 0 bridgehead atoms. The van der Waals surface area contributed by atoms with Gasteiger partial charge in [-0.15, -0.1) is 0 Å². The molecule has 116 valence electrons. The van der Waals surface area contributed by atoms with E-state index in [1.165, 1.54) is 5.57 Å². The highest BCUT2D eigenvalue weighted by Gasteiger charge is 2.57. The Kier molecular flexibility index (Phi) is 5.20. The molecule has 2 aliphatic carbocycles. The topological polar surface area (TPSA) is 49.7 Å². The summed E-state index contributed by atoms with van der Waals surface area (Å²) in [6.45, 7) is 9.49. The van der Waals surface area contributed by atoms with Gasteiger partial charge in [-0.25, -0.2) is 0 Å². The highest BCUT2D eigenvalue weighted by Crippen LogP contribution is 2.61. The minimum atomic E-state index is -0.390. The van der Waals surface area contributed by atoms with Gasteiger partial charge in [0.25, 0.3) is 0 Å². The van der Waals surface area contributed by atoms with Crippen molar-refractivity contribution >= 4 is 23.0 Å². The molecule has 0 spiro atoms. The maximum atomic E-state index is 10.4. The van der Waals surface area contributed by atoms with Crippen molar-refractivity contribution in [2.45, 2.75) is 52.1 Å². The normalized spacial score (nSPS) is 45.2. The van der Waals surface area contributed by atoms with Crippen LogP contribution in [0.5, 0.6) is 0 Å². The maximum Gasteiger partial charge on any atom is 0.109 e. The van der Waals surface area contributed by atoms with E-state index in [9.17, 15) is 10.2 Å². The first kappa shape index (κ1) is 16.7. The van der Waals surface area contributed by atoms with E-state index in [2.05, 4.69) is 20.4 Å². The van der Waals surface area contributed by atoms with Crippen LogP contribution in [-0.2, 0) is 3.07 Å². The van der Waals surface area contributed by atoms with Crippen molar-refractivity contribution in [2.24, 2.45) is 22.7 Å². The molecule has 0 aliphatic heterocycles. The molecular formula is C16H27IO3. The smallest absolute Gasteiger partial charge is 0.109 e. The van der Waals surface area contributed by atoms with Crippen LogP contribution in [0.25, 0.3) is 0 Å². The number of hydrogen-bond acceptors (Lipinski definition) is 3. The lowest BCUT2D eigenvalue weighted by molar-refractivity contribution is -0.152. The van der Waals surface area contributed by atoms with Gasteiger partial charge in [-0.1, -0.05) is 26.0 Å². The van der Waals surface area contributed by atoms with Crippen LogP contribution in [0, 0.1) is 22.7 Å². The van der Waals surface area contributed by atoms with Gasteiger partial charge in [-0.2, -0.15) is 0 Å². The van der Waals surface area contributed by atoms with E-state index in [1.807, 2.05) is 23.0 Å². The zero-order chi connectivity index (χ0) is 15.0. The van der Waals surface area contributed by atoms with Crippen molar-refractivity contribution in [1.82, 2.24) is 0 Å². The zero-order valence-electron chi connectivity index (χ0n) is 12.6. The number of hydrogen-bond donors (Lipinski definition) is 2. The SMILES string of the molecule is C=C1CCC2[C@](C)(CO)[C@H](O)CC[C@@]2(C)[C@@H]1CCOI. The van der Waals surface area contributed by atoms with E-state index < -0.39 is 6.10 Å². The number of rotatable bonds is 4. The van der Waals surface area contributed by atoms with Gasteiger partial charge in [-0.3, -0.25) is 0 Å². The lowest BCUT2D eigenvalue weighted by atomic mass is 9.46. The zero-order valence-corrected chi connectivity index (χ0v) is 14.7. The third-order valence-electron chi connectivity index (χ3n) is 6.18. The molecular weight excluding hydrogens is 367 g/mol. The van der Waals surface area contributed by atoms with Crippen molar-refractivity contribution in [3.05, 3.63) is 12.2 Å². The molecule has 4 heteroatoms. The maximum absolute atomic E-state index is 10.4. The fourth-order valence-corrected chi connectivity index (χ4v) is 5.15. The molecule has 0 aromatic carbocycles. The van der Waals surface area contributed by atoms with Crippen LogP contribution in [-0.4, -0.2) is 29.5 Å². The van der Waals surface area contributed by atoms with Gasteiger partial charge in [0.15, 0.2) is 0 Å². The third-order valence-corrected chi connectivity index (χ3v) is 6.62. The molecule has 2 saturated carbocycles. The van der Waals surface area contributed by atoms with Crippen LogP contribution >= 0.6 is 23.0 Å². The van der Waals surface area contributed by atoms with Gasteiger partial charge in [0, 0.05) is 5.41 Å². The number of allylic oxidation sites excluding steroid dienone is 1. The molecule has 1 unspecified atom stereocenters. The highest BCUT2D eigenvalue weighted by atomic mass is 127. The van der Waals surface area contributed by atoms with Gasteiger partial charge >= 0.3 is 0 Å². The predicted octanol–water partition coefficient (Wildman–Crippen LogP) is 3.49. The second-order valence-electron chi connectivity index (χ2n) is 7.13. The monoisotopic (exact) mass is 394 g/mol. The Bertz CT molecular complexity index is 373. The summed E-state index contributed by atoms with van der Waals surface area (Å²) < 4.78 is 5.25. The lowest BCUT2D eigenvalue weighted by Gasteiger charge is -2.60. The van der Waals surface area contributed by atoms with Crippen LogP contribution in [0.3, 0.4) is 0 Å². The van der Waals surface area contributed by atoms with Crippen LogP contribution in [0.1, 0.15) is 46.0 Å². The Hall–Kier alpha value is 0.350. The van der Waals surface area contributed by atoms with E-state index in [0.717, 1.165) is 38.7 Å². The summed E-state index contributed by atoms with van der Waals surface area (Å²) in [5.74, 6) is 0.794. The van der Waals surface area contributed by atoms with E-state index in [4.69, 9.17) is 3.07 Å². The molecule has 0 heterocycles. The molecule has 2 rings (SSSR count). The molecule has 20 heavy (non-hydrogen) atoms. The molecule has 0 aromatic rings. The number of aliphatic hydroxyl groups excluding tert-OH is 2. The van der Waals surface area contributed by atoms with Crippen LogP contribution in [0.2, 0.25) is 0 Å². The molecule has 5 atom stereocenters. The van der Waals surface area contributed by atoms with E-state index >= 15 is 0 Å². The average molecular weight is 394 g/mol. The Morgan fingerprint density at radius 2 is 2.10 bits per heavy atom. The van der Waals surface area contributed by atoms with E-state index in [1.54, 1.807) is 0 Å². The highest BCUT2D eigenvalue weighted by molar-refractivity contribution is 14.1. The summed E-state index contributed by atoms with van der Waals surface area (Å²) in [6.07, 6.45) is 4.43. The standard InChI is InChI=1S/C16H27IO3/c1-11-4-5-13-15(2,12(11)7-9-20-17)8-6-14(19)16(13,3)10-18/h12-14,18-19H,1,4-10H2,2-3H3/t12-,13?,14-,15+,16+/m1/s1. The van der Waals surface area contributed by atoms with Crippen molar-refractivity contribution in [3.63, 3.8) is 0 Å². The third kappa shape index (κ3) is 2.57. The Morgan fingerprint density at radius 1 is 1.40 bits per heavy atom. The largest absolute Gasteiger partial charge is 0.396 e. The fraction of sp³-hybridized carbons (Fsp3) is 0.875. The number of halogens is 1. The number of aliphatic hydroxyl groups is 2. The first-order valence-electron chi connectivity index (χ1n) is 7.60. The van der Waals surface area contributed by atoms with E-state index in [-0.39, 0.29) is 17.4 Å². The van der Waals surface area contributed by atoms with Gasteiger partial charge < -0.3 is 13.3 Å². The van der Waals surface area contributed by atoms with Crippen molar-refractivity contribution in [1.29, 1.82) is 0 Å². The second kappa shape index (κ2) is 6.23. The van der Waals surface area contributed by atoms with Gasteiger partial charge in [0.2, 0.25) is 0 Å². The number of fused-ring (bicyclic) bond motifs is 1. The summed E-state index contributed by atoms with van der Waals surface area (Å²) in [5.41, 5.74) is 1.08. The van der Waals surface area contributed by atoms with Gasteiger partial charge in [0.1, 0.15) is 23.0 Å².